The summed E-state index contributed by atoms with van der Waals surface area (Å²) in [6.07, 6.45) is 0.178. The molecule has 156 valence electrons. The Kier molecular flexibility index (Phi) is 7.05. The standard InChI is InChI=1S/C22H29N3O3S/c1-18-3-7-20(8-4-18)17-25(14-11-22(26)24-15-12-23-13-16-24)29(27,28)21-9-5-19(2)6-10-21/h3-10,23H,11-17H2,1-2H3. The van der Waals surface area contributed by atoms with Crippen molar-refractivity contribution in [1.29, 1.82) is 0 Å². The molecule has 6 nitrogen and oxygen atoms in total. The zero-order chi connectivity index (χ0) is 20.9. The zero-order valence-electron chi connectivity index (χ0n) is 17.1. The van der Waals surface area contributed by atoms with E-state index in [0.717, 1.165) is 29.8 Å². The number of hydrogen-bond acceptors (Lipinski definition) is 4. The first-order valence-corrected chi connectivity index (χ1v) is 11.4. The highest BCUT2D eigenvalue weighted by Crippen LogP contribution is 2.20. The molecule has 1 amide bonds. The highest BCUT2D eigenvalue weighted by atomic mass is 32.2. The largest absolute Gasteiger partial charge is 0.340 e. The minimum Gasteiger partial charge on any atom is -0.340 e. The third kappa shape index (κ3) is 5.65. The van der Waals surface area contributed by atoms with Crippen LogP contribution in [0.5, 0.6) is 0 Å². The van der Waals surface area contributed by atoms with Crippen molar-refractivity contribution in [3.63, 3.8) is 0 Å². The highest BCUT2D eigenvalue weighted by Gasteiger charge is 2.26. The van der Waals surface area contributed by atoms with Gasteiger partial charge in [0.1, 0.15) is 0 Å². The number of rotatable bonds is 7. The molecule has 0 unspecified atom stereocenters. The molecule has 1 saturated heterocycles. The molecule has 7 heteroatoms. The van der Waals surface area contributed by atoms with E-state index in [2.05, 4.69) is 5.32 Å². The molecule has 0 radical (unpaired) electrons. The molecule has 0 bridgehead atoms. The maximum absolute atomic E-state index is 13.3. The van der Waals surface area contributed by atoms with Crippen molar-refractivity contribution in [1.82, 2.24) is 14.5 Å². The molecule has 2 aromatic rings. The molecule has 3 rings (SSSR count). The van der Waals surface area contributed by atoms with Crippen LogP contribution in [0.1, 0.15) is 23.1 Å². The minimum absolute atomic E-state index is 0.000452. The lowest BCUT2D eigenvalue weighted by atomic mass is 10.1. The number of carbonyl (C=O) groups excluding carboxylic acids is 1. The summed E-state index contributed by atoms with van der Waals surface area (Å²) in [6, 6.07) is 14.7. The second kappa shape index (κ2) is 9.52. The SMILES string of the molecule is Cc1ccc(CN(CCC(=O)N2CCNCC2)S(=O)(=O)c2ccc(C)cc2)cc1. The van der Waals surface area contributed by atoms with E-state index in [1.165, 1.54) is 4.31 Å². The summed E-state index contributed by atoms with van der Waals surface area (Å²) in [7, 11) is -3.70. The van der Waals surface area contributed by atoms with Crippen molar-refractivity contribution in [2.75, 3.05) is 32.7 Å². The van der Waals surface area contributed by atoms with Gasteiger partial charge in [0, 0.05) is 45.7 Å². The number of aryl methyl sites for hydroxylation is 2. The van der Waals surface area contributed by atoms with Crippen LogP contribution in [-0.4, -0.2) is 56.3 Å². The van der Waals surface area contributed by atoms with Crippen molar-refractivity contribution in [3.05, 3.63) is 65.2 Å². The smallest absolute Gasteiger partial charge is 0.243 e. The van der Waals surface area contributed by atoms with Gasteiger partial charge in [-0.3, -0.25) is 4.79 Å². The van der Waals surface area contributed by atoms with Gasteiger partial charge in [-0.1, -0.05) is 47.5 Å². The van der Waals surface area contributed by atoms with Gasteiger partial charge < -0.3 is 10.2 Å². The Balaban J connectivity index is 1.79. The topological polar surface area (TPSA) is 69.7 Å². The maximum atomic E-state index is 13.3. The lowest BCUT2D eigenvalue weighted by Crippen LogP contribution is -2.47. The predicted octanol–water partition coefficient (Wildman–Crippen LogP) is 2.32. The number of nitrogens with zero attached hydrogens (tertiary/aromatic N) is 2. The van der Waals surface area contributed by atoms with E-state index in [1.807, 2.05) is 38.1 Å². The average Bonchev–Trinajstić information content (AvgIpc) is 2.73. The van der Waals surface area contributed by atoms with Gasteiger partial charge >= 0.3 is 0 Å². The molecule has 29 heavy (non-hydrogen) atoms. The van der Waals surface area contributed by atoms with Gasteiger partial charge in [0.15, 0.2) is 0 Å². The van der Waals surface area contributed by atoms with Gasteiger partial charge in [-0.25, -0.2) is 8.42 Å². The van der Waals surface area contributed by atoms with Gasteiger partial charge in [0.2, 0.25) is 15.9 Å². The van der Waals surface area contributed by atoms with E-state index < -0.39 is 10.0 Å². The van der Waals surface area contributed by atoms with E-state index in [4.69, 9.17) is 0 Å². The Morgan fingerprint density at radius 2 is 1.52 bits per heavy atom. The molecule has 2 aromatic carbocycles. The Hall–Kier alpha value is -2.22. The van der Waals surface area contributed by atoms with Crippen LogP contribution in [0.15, 0.2) is 53.4 Å². The normalized spacial score (nSPS) is 14.9. The molecule has 0 aliphatic carbocycles. The lowest BCUT2D eigenvalue weighted by Gasteiger charge is -2.29. The molecule has 0 atom stereocenters. The van der Waals surface area contributed by atoms with Crippen molar-refractivity contribution >= 4 is 15.9 Å². The Bertz CT molecular complexity index is 919. The molecule has 1 fully saturated rings. The van der Waals surface area contributed by atoms with Gasteiger partial charge in [0.05, 0.1) is 4.90 Å². The quantitative estimate of drug-likeness (QED) is 0.754. The molecule has 1 aliphatic heterocycles. The summed E-state index contributed by atoms with van der Waals surface area (Å²) in [6.45, 7) is 7.21. The third-order valence-corrected chi connectivity index (χ3v) is 7.04. The molecule has 0 aromatic heterocycles. The summed E-state index contributed by atoms with van der Waals surface area (Å²) in [5.74, 6) is -0.000452. The summed E-state index contributed by atoms with van der Waals surface area (Å²) < 4.78 is 28.0. The average molecular weight is 416 g/mol. The van der Waals surface area contributed by atoms with Crippen LogP contribution in [0.25, 0.3) is 0 Å². The molecular weight excluding hydrogens is 386 g/mol. The van der Waals surface area contributed by atoms with Crippen LogP contribution in [0, 0.1) is 13.8 Å². The second-order valence-electron chi connectivity index (χ2n) is 7.52. The van der Waals surface area contributed by atoms with E-state index >= 15 is 0 Å². The number of hydrogen-bond donors (Lipinski definition) is 1. The van der Waals surface area contributed by atoms with E-state index in [0.29, 0.717) is 13.1 Å². The molecular formula is C22H29N3O3S. The van der Waals surface area contributed by atoms with E-state index in [9.17, 15) is 13.2 Å². The monoisotopic (exact) mass is 415 g/mol. The summed E-state index contributed by atoms with van der Waals surface area (Å²) >= 11 is 0. The van der Waals surface area contributed by atoms with E-state index in [1.54, 1.807) is 29.2 Å². The van der Waals surface area contributed by atoms with Gasteiger partial charge in [-0.15, -0.1) is 0 Å². The van der Waals surface area contributed by atoms with Crippen molar-refractivity contribution in [2.24, 2.45) is 0 Å². The van der Waals surface area contributed by atoms with Crippen LogP contribution in [-0.2, 0) is 21.4 Å². The van der Waals surface area contributed by atoms with Crippen LogP contribution in [0.2, 0.25) is 0 Å². The Morgan fingerprint density at radius 1 is 0.966 bits per heavy atom. The third-order valence-electron chi connectivity index (χ3n) is 5.18. The van der Waals surface area contributed by atoms with E-state index in [-0.39, 0.29) is 30.3 Å². The van der Waals surface area contributed by atoms with Crippen LogP contribution >= 0.6 is 0 Å². The number of sulfonamides is 1. The van der Waals surface area contributed by atoms with Crippen molar-refractivity contribution in [2.45, 2.75) is 31.7 Å². The summed E-state index contributed by atoms with van der Waals surface area (Å²) in [4.78, 5) is 14.6. The number of nitrogens with one attached hydrogen (secondary N) is 1. The van der Waals surface area contributed by atoms with Crippen molar-refractivity contribution in [3.8, 4) is 0 Å². The number of carbonyl (C=O) groups is 1. The molecule has 0 saturated carbocycles. The van der Waals surface area contributed by atoms with Crippen LogP contribution in [0.4, 0.5) is 0 Å². The fourth-order valence-corrected chi connectivity index (χ4v) is 4.76. The van der Waals surface area contributed by atoms with Crippen LogP contribution < -0.4 is 5.32 Å². The first kappa shape index (κ1) is 21.5. The Labute approximate surface area is 173 Å². The van der Waals surface area contributed by atoms with Gasteiger partial charge in [0.25, 0.3) is 0 Å². The fraction of sp³-hybridized carbons (Fsp3) is 0.409. The molecule has 0 spiro atoms. The van der Waals surface area contributed by atoms with Crippen LogP contribution in [0.3, 0.4) is 0 Å². The maximum Gasteiger partial charge on any atom is 0.243 e. The summed E-state index contributed by atoms with van der Waals surface area (Å²) in [5.41, 5.74) is 3.03. The van der Waals surface area contributed by atoms with Crippen molar-refractivity contribution < 1.29 is 13.2 Å². The van der Waals surface area contributed by atoms with Gasteiger partial charge in [-0.2, -0.15) is 4.31 Å². The summed E-state index contributed by atoms with van der Waals surface area (Å²) in [5, 5.41) is 3.22. The fourth-order valence-electron chi connectivity index (χ4n) is 3.33. The minimum atomic E-state index is -3.70. The lowest BCUT2D eigenvalue weighted by molar-refractivity contribution is -0.131. The first-order valence-electron chi connectivity index (χ1n) is 9.97. The zero-order valence-corrected chi connectivity index (χ0v) is 17.9. The molecule has 1 N–H and O–H groups in total. The number of amides is 1. The molecule has 1 heterocycles. The Morgan fingerprint density at radius 3 is 2.10 bits per heavy atom. The second-order valence-corrected chi connectivity index (χ2v) is 9.46. The number of benzene rings is 2. The molecule has 1 aliphatic rings. The predicted molar refractivity (Wildman–Crippen MR) is 114 cm³/mol. The first-order chi connectivity index (χ1) is 13.9. The highest BCUT2D eigenvalue weighted by molar-refractivity contribution is 7.89. The number of piperazine rings is 1. The van der Waals surface area contributed by atoms with Gasteiger partial charge in [-0.05, 0) is 31.5 Å².